The van der Waals surface area contributed by atoms with Gasteiger partial charge in [0.1, 0.15) is 6.54 Å². The van der Waals surface area contributed by atoms with Crippen LogP contribution in [-0.2, 0) is 19.1 Å². The summed E-state index contributed by atoms with van der Waals surface area (Å²) < 4.78 is 5.28. The molecule has 2 aliphatic heterocycles. The molecule has 1 N–H and O–H groups in total. The highest BCUT2D eigenvalue weighted by Crippen LogP contribution is 2.25. The van der Waals surface area contributed by atoms with Gasteiger partial charge in [0.05, 0.1) is 5.92 Å². The number of likely N-dealkylation sites (tertiary alicyclic amines) is 1. The van der Waals surface area contributed by atoms with E-state index in [1.807, 2.05) is 13.8 Å². The number of carboxylic acids is 1. The lowest BCUT2D eigenvalue weighted by molar-refractivity contribution is -0.149. The number of rotatable bonds is 5. The van der Waals surface area contributed by atoms with Gasteiger partial charge in [-0.2, -0.15) is 0 Å². The molecule has 7 heteroatoms. The van der Waals surface area contributed by atoms with E-state index in [0.29, 0.717) is 32.6 Å². The van der Waals surface area contributed by atoms with E-state index in [1.165, 1.54) is 4.90 Å². The predicted molar refractivity (Wildman–Crippen MR) is 78.1 cm³/mol. The lowest BCUT2D eigenvalue weighted by atomic mass is 10.0. The molecule has 0 aromatic carbocycles. The molecular formula is C15H24N2O5. The Labute approximate surface area is 130 Å². The lowest BCUT2D eigenvalue weighted by Crippen LogP contribution is -2.49. The second-order valence-corrected chi connectivity index (χ2v) is 6.24. The topological polar surface area (TPSA) is 87.2 Å². The maximum absolute atomic E-state index is 12.7. The van der Waals surface area contributed by atoms with Gasteiger partial charge < -0.3 is 19.6 Å². The number of nitrogens with zero attached hydrogens (tertiary/aromatic N) is 2. The molecule has 2 saturated heterocycles. The van der Waals surface area contributed by atoms with E-state index < -0.39 is 11.9 Å². The zero-order valence-electron chi connectivity index (χ0n) is 13.2. The van der Waals surface area contributed by atoms with Crippen molar-refractivity contribution in [2.24, 2.45) is 5.92 Å². The van der Waals surface area contributed by atoms with Gasteiger partial charge in [-0.1, -0.05) is 0 Å². The van der Waals surface area contributed by atoms with E-state index in [2.05, 4.69) is 0 Å². The van der Waals surface area contributed by atoms with Crippen LogP contribution in [0, 0.1) is 5.92 Å². The minimum absolute atomic E-state index is 0.0318. The number of amides is 2. The van der Waals surface area contributed by atoms with Gasteiger partial charge in [0.25, 0.3) is 0 Å². The van der Waals surface area contributed by atoms with E-state index in [-0.39, 0.29) is 36.9 Å². The first-order chi connectivity index (χ1) is 10.4. The second kappa shape index (κ2) is 7.09. The summed E-state index contributed by atoms with van der Waals surface area (Å²) in [5, 5.41) is 9.10. The van der Waals surface area contributed by atoms with E-state index >= 15 is 0 Å². The smallest absolute Gasteiger partial charge is 0.323 e. The van der Waals surface area contributed by atoms with Crippen molar-refractivity contribution < 1.29 is 24.2 Å². The highest BCUT2D eigenvalue weighted by Gasteiger charge is 2.39. The standard InChI is InChI=1S/C15H24N2O5/c1-10(2)16-8-11(7-13(16)18)15(21)17(9-14(19)20)12-3-5-22-6-4-12/h10-12H,3-9H2,1-2H3,(H,19,20). The second-order valence-electron chi connectivity index (χ2n) is 6.24. The van der Waals surface area contributed by atoms with Gasteiger partial charge >= 0.3 is 5.97 Å². The third kappa shape index (κ3) is 3.76. The van der Waals surface area contributed by atoms with Gasteiger partial charge in [0, 0.05) is 38.3 Å². The number of ether oxygens (including phenoxy) is 1. The van der Waals surface area contributed by atoms with Crippen LogP contribution in [0.3, 0.4) is 0 Å². The van der Waals surface area contributed by atoms with Crippen molar-refractivity contribution in [1.29, 1.82) is 0 Å². The zero-order chi connectivity index (χ0) is 16.3. The van der Waals surface area contributed by atoms with Crippen molar-refractivity contribution in [2.75, 3.05) is 26.3 Å². The van der Waals surface area contributed by atoms with Gasteiger partial charge in [-0.05, 0) is 26.7 Å². The van der Waals surface area contributed by atoms with Crippen molar-refractivity contribution in [1.82, 2.24) is 9.80 Å². The molecular weight excluding hydrogens is 288 g/mol. The zero-order valence-corrected chi connectivity index (χ0v) is 13.2. The van der Waals surface area contributed by atoms with Crippen molar-refractivity contribution in [2.45, 2.75) is 45.2 Å². The summed E-state index contributed by atoms with van der Waals surface area (Å²) in [6.07, 6.45) is 1.47. The summed E-state index contributed by atoms with van der Waals surface area (Å²) >= 11 is 0. The molecule has 0 aromatic rings. The van der Waals surface area contributed by atoms with Gasteiger partial charge in [0.2, 0.25) is 11.8 Å². The summed E-state index contributed by atoms with van der Waals surface area (Å²) in [6, 6.07) is -0.0538. The van der Waals surface area contributed by atoms with Crippen LogP contribution < -0.4 is 0 Å². The number of carbonyl (C=O) groups excluding carboxylic acids is 2. The van der Waals surface area contributed by atoms with Crippen molar-refractivity contribution >= 4 is 17.8 Å². The van der Waals surface area contributed by atoms with Gasteiger partial charge in [0.15, 0.2) is 0 Å². The van der Waals surface area contributed by atoms with Crippen molar-refractivity contribution in [3.05, 3.63) is 0 Å². The van der Waals surface area contributed by atoms with Crippen LogP contribution in [0.15, 0.2) is 0 Å². The van der Waals surface area contributed by atoms with Crippen LogP contribution in [0.4, 0.5) is 0 Å². The maximum Gasteiger partial charge on any atom is 0.323 e. The quantitative estimate of drug-likeness (QED) is 0.791. The molecule has 2 heterocycles. The van der Waals surface area contributed by atoms with Crippen molar-refractivity contribution in [3.8, 4) is 0 Å². The van der Waals surface area contributed by atoms with Gasteiger partial charge in [-0.3, -0.25) is 14.4 Å². The summed E-state index contributed by atoms with van der Waals surface area (Å²) in [5.41, 5.74) is 0. The molecule has 0 saturated carbocycles. The minimum Gasteiger partial charge on any atom is -0.480 e. The van der Waals surface area contributed by atoms with Crippen LogP contribution >= 0.6 is 0 Å². The van der Waals surface area contributed by atoms with Crippen LogP contribution in [0.2, 0.25) is 0 Å². The molecule has 2 fully saturated rings. The van der Waals surface area contributed by atoms with Crippen LogP contribution in [0.1, 0.15) is 33.1 Å². The third-order valence-electron chi connectivity index (χ3n) is 4.35. The molecule has 0 bridgehead atoms. The summed E-state index contributed by atoms with van der Waals surface area (Å²) in [4.78, 5) is 38.9. The predicted octanol–water partition coefficient (Wildman–Crippen LogP) is 0.336. The molecule has 0 radical (unpaired) electrons. The Kier molecular flexibility index (Phi) is 5.39. The number of carbonyl (C=O) groups is 3. The third-order valence-corrected chi connectivity index (χ3v) is 4.35. The summed E-state index contributed by atoms with van der Waals surface area (Å²) in [7, 11) is 0. The summed E-state index contributed by atoms with van der Waals surface area (Å²) in [5.74, 6) is -1.71. The number of hydrogen-bond donors (Lipinski definition) is 1. The van der Waals surface area contributed by atoms with Gasteiger partial charge in [-0.15, -0.1) is 0 Å². The monoisotopic (exact) mass is 312 g/mol. The summed E-state index contributed by atoms with van der Waals surface area (Å²) in [6.45, 7) is 4.98. The molecule has 22 heavy (non-hydrogen) atoms. The number of carboxylic acid groups (broad SMARTS) is 1. The molecule has 7 nitrogen and oxygen atoms in total. The molecule has 2 rings (SSSR count). The first-order valence-electron chi connectivity index (χ1n) is 7.79. The highest BCUT2D eigenvalue weighted by atomic mass is 16.5. The lowest BCUT2D eigenvalue weighted by Gasteiger charge is -2.34. The highest BCUT2D eigenvalue weighted by molar-refractivity contribution is 5.91. The molecule has 0 aliphatic carbocycles. The fourth-order valence-electron chi connectivity index (χ4n) is 3.16. The fourth-order valence-corrected chi connectivity index (χ4v) is 3.16. The van der Waals surface area contributed by atoms with Gasteiger partial charge in [-0.25, -0.2) is 0 Å². The number of hydrogen-bond acceptors (Lipinski definition) is 4. The molecule has 1 unspecified atom stereocenters. The average molecular weight is 312 g/mol. The van der Waals surface area contributed by atoms with E-state index in [4.69, 9.17) is 9.84 Å². The van der Waals surface area contributed by atoms with E-state index in [0.717, 1.165) is 0 Å². The largest absolute Gasteiger partial charge is 0.480 e. The van der Waals surface area contributed by atoms with Crippen LogP contribution in [-0.4, -0.2) is 71.1 Å². The Balaban J connectivity index is 2.08. The van der Waals surface area contributed by atoms with Crippen LogP contribution in [0.25, 0.3) is 0 Å². The Bertz CT molecular complexity index is 445. The van der Waals surface area contributed by atoms with Crippen molar-refractivity contribution in [3.63, 3.8) is 0 Å². The first kappa shape index (κ1) is 16.7. The number of aliphatic carboxylic acids is 1. The molecule has 124 valence electrons. The maximum atomic E-state index is 12.7. The van der Waals surface area contributed by atoms with E-state index in [1.54, 1.807) is 4.90 Å². The SMILES string of the molecule is CC(C)N1CC(C(=O)N(CC(=O)O)C2CCOCC2)CC1=O. The minimum atomic E-state index is -1.02. The van der Waals surface area contributed by atoms with E-state index in [9.17, 15) is 14.4 Å². The molecule has 0 spiro atoms. The Morgan fingerprint density at radius 3 is 2.50 bits per heavy atom. The molecule has 2 amide bonds. The Hall–Kier alpha value is -1.63. The normalized spacial score (nSPS) is 23.1. The Morgan fingerprint density at radius 2 is 2.00 bits per heavy atom. The average Bonchev–Trinajstić information content (AvgIpc) is 2.87. The Morgan fingerprint density at radius 1 is 1.36 bits per heavy atom. The molecule has 2 aliphatic rings. The molecule has 1 atom stereocenters. The fraction of sp³-hybridized carbons (Fsp3) is 0.800. The molecule has 0 aromatic heterocycles. The first-order valence-corrected chi connectivity index (χ1v) is 7.79. The van der Waals surface area contributed by atoms with Crippen LogP contribution in [0.5, 0.6) is 0 Å².